The van der Waals surface area contributed by atoms with Crippen molar-refractivity contribution in [2.75, 3.05) is 12.3 Å². The van der Waals surface area contributed by atoms with Gasteiger partial charge in [-0.05, 0) is 44.2 Å². The molecule has 3 rings (SSSR count). The molecule has 0 radical (unpaired) electrons. The van der Waals surface area contributed by atoms with Crippen molar-refractivity contribution in [3.8, 4) is 16.9 Å². The molecule has 2 aromatic carbocycles. The number of carbonyl (C=O) groups is 2. The van der Waals surface area contributed by atoms with E-state index >= 15 is 0 Å². The molecule has 0 bridgehead atoms. The topological polar surface area (TPSA) is 114 Å². The van der Waals surface area contributed by atoms with Crippen LogP contribution in [-0.4, -0.2) is 49.5 Å². The summed E-state index contributed by atoms with van der Waals surface area (Å²) in [5.41, 5.74) is 7.95. The fourth-order valence-corrected chi connectivity index (χ4v) is 3.64. The van der Waals surface area contributed by atoms with Crippen molar-refractivity contribution < 1.29 is 19.1 Å². The number of aromatic nitrogens is 3. The number of rotatable bonds is 7. The second-order valence-corrected chi connectivity index (χ2v) is 8.04. The van der Waals surface area contributed by atoms with Crippen LogP contribution in [0.25, 0.3) is 16.9 Å². The third kappa shape index (κ3) is 5.08. The lowest BCUT2D eigenvalue weighted by Crippen LogP contribution is -2.39. The predicted molar refractivity (Wildman–Crippen MR) is 117 cm³/mol. The van der Waals surface area contributed by atoms with Gasteiger partial charge in [-0.3, -0.25) is 9.59 Å². The van der Waals surface area contributed by atoms with Crippen LogP contribution in [0.4, 0.5) is 10.1 Å². The third-order valence-corrected chi connectivity index (χ3v) is 5.32. The second kappa shape index (κ2) is 9.25. The van der Waals surface area contributed by atoms with Gasteiger partial charge in [-0.15, -0.1) is 5.10 Å². The van der Waals surface area contributed by atoms with Crippen LogP contribution in [0.5, 0.6) is 0 Å². The molecule has 1 aromatic heterocycles. The van der Waals surface area contributed by atoms with Crippen molar-refractivity contribution in [2.45, 2.75) is 26.3 Å². The summed E-state index contributed by atoms with van der Waals surface area (Å²) in [6.45, 7) is 3.49. The number of nitrogen functional groups attached to an aromatic ring is 1. The van der Waals surface area contributed by atoms with Gasteiger partial charge in [0.05, 0.1) is 23.9 Å². The number of nitrogens with zero attached hydrogens (tertiary/aromatic N) is 4. The van der Waals surface area contributed by atoms with Crippen molar-refractivity contribution in [1.29, 1.82) is 0 Å². The van der Waals surface area contributed by atoms with E-state index in [-0.39, 0.29) is 24.6 Å². The molecule has 0 fully saturated rings. The minimum atomic E-state index is -1.02. The van der Waals surface area contributed by atoms with Gasteiger partial charge in [0.1, 0.15) is 11.5 Å². The normalized spacial score (nSPS) is 11.0. The first-order chi connectivity index (χ1) is 14.7. The lowest BCUT2D eigenvalue weighted by atomic mass is 10.1. The van der Waals surface area contributed by atoms with Crippen LogP contribution >= 0.6 is 15.9 Å². The summed E-state index contributed by atoms with van der Waals surface area (Å²) in [7, 11) is 0. The van der Waals surface area contributed by atoms with E-state index in [0.29, 0.717) is 17.1 Å². The fraction of sp³-hybridized carbons (Fsp3) is 0.238. The SMILES string of the molecule is CC(C)N(CCC(=O)O)C(=O)c1ccc(-n2cc(-c3ccc(N)cc3Br)nn2)cc1F. The van der Waals surface area contributed by atoms with Gasteiger partial charge in [0.25, 0.3) is 5.91 Å². The largest absolute Gasteiger partial charge is 0.481 e. The van der Waals surface area contributed by atoms with Gasteiger partial charge in [0.15, 0.2) is 0 Å². The predicted octanol–water partition coefficient (Wildman–Crippen LogP) is 3.74. The molecule has 0 aliphatic carbocycles. The number of hydrogen-bond donors (Lipinski definition) is 2. The molecule has 3 N–H and O–H groups in total. The van der Waals surface area contributed by atoms with Crippen LogP contribution < -0.4 is 5.73 Å². The van der Waals surface area contributed by atoms with E-state index in [4.69, 9.17) is 10.8 Å². The Bertz CT molecular complexity index is 1130. The third-order valence-electron chi connectivity index (χ3n) is 4.66. The number of anilines is 1. The van der Waals surface area contributed by atoms with Crippen LogP contribution in [0, 0.1) is 5.82 Å². The Labute approximate surface area is 186 Å². The molecular formula is C21H21BrFN5O3. The quantitative estimate of drug-likeness (QED) is 0.488. The van der Waals surface area contributed by atoms with Crippen LogP contribution in [0.2, 0.25) is 0 Å². The zero-order valence-corrected chi connectivity index (χ0v) is 18.5. The molecule has 1 amide bonds. The summed E-state index contributed by atoms with van der Waals surface area (Å²) in [6.07, 6.45) is 1.42. The Kier molecular flexibility index (Phi) is 6.69. The van der Waals surface area contributed by atoms with Gasteiger partial charge in [-0.25, -0.2) is 9.07 Å². The molecule has 0 unspecified atom stereocenters. The van der Waals surface area contributed by atoms with E-state index in [2.05, 4.69) is 26.2 Å². The lowest BCUT2D eigenvalue weighted by Gasteiger charge is -2.26. The lowest BCUT2D eigenvalue weighted by molar-refractivity contribution is -0.137. The average Bonchev–Trinajstić information content (AvgIpc) is 3.17. The zero-order chi connectivity index (χ0) is 22.7. The maximum absolute atomic E-state index is 14.8. The van der Waals surface area contributed by atoms with Gasteiger partial charge in [-0.2, -0.15) is 0 Å². The van der Waals surface area contributed by atoms with E-state index in [9.17, 15) is 14.0 Å². The first-order valence-corrected chi connectivity index (χ1v) is 10.3. The Morgan fingerprint density at radius 2 is 2.00 bits per heavy atom. The number of carboxylic acids is 1. The van der Waals surface area contributed by atoms with Gasteiger partial charge >= 0.3 is 5.97 Å². The molecule has 0 aliphatic heterocycles. The number of nitrogens with two attached hydrogens (primary N) is 1. The zero-order valence-electron chi connectivity index (χ0n) is 16.9. The molecule has 0 spiro atoms. The Balaban J connectivity index is 1.86. The first-order valence-electron chi connectivity index (χ1n) is 9.47. The molecule has 0 aliphatic rings. The minimum Gasteiger partial charge on any atom is -0.481 e. The van der Waals surface area contributed by atoms with Gasteiger partial charge in [-0.1, -0.05) is 21.1 Å². The van der Waals surface area contributed by atoms with Crippen molar-refractivity contribution in [2.24, 2.45) is 0 Å². The Morgan fingerprint density at radius 3 is 2.61 bits per heavy atom. The summed E-state index contributed by atoms with van der Waals surface area (Å²) in [5, 5.41) is 17.1. The van der Waals surface area contributed by atoms with Gasteiger partial charge in [0.2, 0.25) is 0 Å². The van der Waals surface area contributed by atoms with Crippen LogP contribution in [0.1, 0.15) is 30.6 Å². The summed E-state index contributed by atoms with van der Waals surface area (Å²) >= 11 is 3.44. The number of halogens is 2. The highest BCUT2D eigenvalue weighted by atomic mass is 79.9. The highest BCUT2D eigenvalue weighted by molar-refractivity contribution is 9.10. The molecule has 8 nitrogen and oxygen atoms in total. The average molecular weight is 490 g/mol. The van der Waals surface area contributed by atoms with Gasteiger partial charge in [0, 0.05) is 34.4 Å². The van der Waals surface area contributed by atoms with E-state index in [1.807, 2.05) is 0 Å². The molecular weight excluding hydrogens is 469 g/mol. The maximum Gasteiger partial charge on any atom is 0.305 e. The number of amides is 1. The molecule has 0 saturated carbocycles. The molecule has 0 saturated heterocycles. The van der Waals surface area contributed by atoms with Crippen molar-refractivity contribution >= 4 is 33.5 Å². The summed E-state index contributed by atoms with van der Waals surface area (Å²) in [4.78, 5) is 25.0. The number of benzene rings is 2. The first kappa shape index (κ1) is 22.4. The summed E-state index contributed by atoms with van der Waals surface area (Å²) < 4.78 is 17.0. The number of carboxylic acid groups (broad SMARTS) is 1. The number of aliphatic carboxylic acids is 1. The van der Waals surface area contributed by atoms with Crippen molar-refractivity contribution in [3.05, 3.63) is 58.4 Å². The molecule has 1 heterocycles. The second-order valence-electron chi connectivity index (χ2n) is 7.19. The van der Waals surface area contributed by atoms with Crippen molar-refractivity contribution in [3.63, 3.8) is 0 Å². The molecule has 0 atom stereocenters. The van der Waals surface area contributed by atoms with E-state index in [1.165, 1.54) is 21.7 Å². The highest BCUT2D eigenvalue weighted by Gasteiger charge is 2.23. The van der Waals surface area contributed by atoms with Gasteiger partial charge < -0.3 is 15.7 Å². The highest BCUT2D eigenvalue weighted by Crippen LogP contribution is 2.29. The molecule has 31 heavy (non-hydrogen) atoms. The summed E-state index contributed by atoms with van der Waals surface area (Å²) in [6, 6.07) is 9.13. The molecule has 162 valence electrons. The van der Waals surface area contributed by atoms with Crippen LogP contribution in [-0.2, 0) is 4.79 Å². The number of hydrogen-bond acceptors (Lipinski definition) is 5. The van der Waals surface area contributed by atoms with Crippen molar-refractivity contribution in [1.82, 2.24) is 19.9 Å². The smallest absolute Gasteiger partial charge is 0.305 e. The fourth-order valence-electron chi connectivity index (χ4n) is 3.04. The number of carbonyl (C=O) groups excluding carboxylic acids is 1. The monoisotopic (exact) mass is 489 g/mol. The maximum atomic E-state index is 14.8. The Morgan fingerprint density at radius 1 is 1.26 bits per heavy atom. The minimum absolute atomic E-state index is 0.00404. The summed E-state index contributed by atoms with van der Waals surface area (Å²) in [5.74, 6) is -2.32. The van der Waals surface area contributed by atoms with Crippen LogP contribution in [0.15, 0.2) is 47.1 Å². The Hall–Kier alpha value is -3.27. The van der Waals surface area contributed by atoms with E-state index in [1.54, 1.807) is 44.3 Å². The van der Waals surface area contributed by atoms with E-state index in [0.717, 1.165) is 10.0 Å². The standard InChI is InChI=1S/C21H21BrFN5O3/c1-12(2)27(8-7-20(29)30)21(31)16-6-4-14(10-18(16)23)28-11-19(25-26-28)15-5-3-13(24)9-17(15)22/h3-6,9-12H,7-8,24H2,1-2H3,(H,29,30). The molecule has 10 heteroatoms. The van der Waals surface area contributed by atoms with E-state index < -0.39 is 17.7 Å². The molecule has 3 aromatic rings. The van der Waals surface area contributed by atoms with Crippen LogP contribution in [0.3, 0.4) is 0 Å².